The topological polar surface area (TPSA) is 97.1 Å². The van der Waals surface area contributed by atoms with Crippen molar-refractivity contribution in [3.05, 3.63) is 77.6 Å². The predicted molar refractivity (Wildman–Crippen MR) is 107 cm³/mol. The summed E-state index contributed by atoms with van der Waals surface area (Å²) in [5, 5.41) is 6.72. The molecule has 0 fully saturated rings. The highest BCUT2D eigenvalue weighted by molar-refractivity contribution is 6.04. The fraction of sp³-hybridized carbons (Fsp3) is 0.0952. The molecule has 136 valence electrons. The zero-order valence-electron chi connectivity index (χ0n) is 15.1. The highest BCUT2D eigenvalue weighted by atomic mass is 16.2. The van der Waals surface area contributed by atoms with Gasteiger partial charge in [-0.3, -0.25) is 9.59 Å². The maximum absolute atomic E-state index is 12.5. The third-order valence-corrected chi connectivity index (χ3v) is 4.12. The van der Waals surface area contributed by atoms with Crippen molar-refractivity contribution in [3.8, 4) is 0 Å². The molecule has 27 heavy (non-hydrogen) atoms. The molecule has 0 radical (unpaired) electrons. The van der Waals surface area contributed by atoms with E-state index >= 15 is 0 Å². The third kappa shape index (κ3) is 4.12. The molecule has 0 saturated carbocycles. The summed E-state index contributed by atoms with van der Waals surface area (Å²) >= 11 is 0. The lowest BCUT2D eigenvalue weighted by atomic mass is 10.1. The standard InChI is InChI=1S/C21H20N4O2/c1-13(23-18-10-6-4-8-16(18)14(2)26)20(22)21(27)25-19-12-11-15-7-3-5-9-17(15)24-19/h3-12,23H,22H2,1-2H3,(H,24,25,27)/b20-13-. The minimum absolute atomic E-state index is 0.0170. The van der Waals surface area contributed by atoms with Crippen LogP contribution in [0.25, 0.3) is 10.9 Å². The molecular weight excluding hydrogens is 340 g/mol. The molecule has 0 saturated heterocycles. The summed E-state index contributed by atoms with van der Waals surface area (Å²) in [6, 6.07) is 18.3. The Morgan fingerprint density at radius 2 is 1.59 bits per heavy atom. The Balaban J connectivity index is 1.79. The Labute approximate surface area is 157 Å². The van der Waals surface area contributed by atoms with Crippen LogP contribution in [0.3, 0.4) is 0 Å². The first-order chi connectivity index (χ1) is 13.0. The molecule has 1 aromatic heterocycles. The van der Waals surface area contributed by atoms with E-state index in [1.165, 1.54) is 6.92 Å². The second-order valence-electron chi connectivity index (χ2n) is 6.11. The van der Waals surface area contributed by atoms with Crippen molar-refractivity contribution < 1.29 is 9.59 Å². The van der Waals surface area contributed by atoms with Gasteiger partial charge in [-0.15, -0.1) is 0 Å². The van der Waals surface area contributed by atoms with Gasteiger partial charge in [0.15, 0.2) is 5.78 Å². The van der Waals surface area contributed by atoms with E-state index in [0.29, 0.717) is 22.8 Å². The van der Waals surface area contributed by atoms with E-state index in [-0.39, 0.29) is 11.5 Å². The number of nitrogens with one attached hydrogen (secondary N) is 2. The number of rotatable bonds is 5. The summed E-state index contributed by atoms with van der Waals surface area (Å²) in [6.45, 7) is 3.17. The molecule has 2 aromatic carbocycles. The summed E-state index contributed by atoms with van der Waals surface area (Å²) in [7, 11) is 0. The summed E-state index contributed by atoms with van der Waals surface area (Å²) in [5.41, 5.74) is 8.36. The van der Waals surface area contributed by atoms with Crippen molar-refractivity contribution in [2.24, 2.45) is 5.73 Å². The first kappa shape index (κ1) is 18.1. The van der Waals surface area contributed by atoms with Gasteiger partial charge >= 0.3 is 0 Å². The minimum Gasteiger partial charge on any atom is -0.393 e. The van der Waals surface area contributed by atoms with Crippen molar-refractivity contribution in [2.45, 2.75) is 13.8 Å². The predicted octanol–water partition coefficient (Wildman–Crippen LogP) is 3.68. The molecule has 4 N–H and O–H groups in total. The van der Waals surface area contributed by atoms with Gasteiger partial charge in [-0.25, -0.2) is 4.98 Å². The Morgan fingerprint density at radius 3 is 2.37 bits per heavy atom. The van der Waals surface area contributed by atoms with Gasteiger partial charge in [0.05, 0.1) is 5.52 Å². The molecule has 0 spiro atoms. The lowest BCUT2D eigenvalue weighted by Gasteiger charge is -2.13. The van der Waals surface area contributed by atoms with Crippen LogP contribution in [0.2, 0.25) is 0 Å². The molecular formula is C21H20N4O2. The zero-order chi connectivity index (χ0) is 19.4. The van der Waals surface area contributed by atoms with Crippen LogP contribution >= 0.6 is 0 Å². The number of Topliss-reactive ketones (excluding diaryl/α,β-unsaturated/α-hetero) is 1. The van der Waals surface area contributed by atoms with E-state index < -0.39 is 5.91 Å². The summed E-state index contributed by atoms with van der Waals surface area (Å²) in [4.78, 5) is 28.6. The normalized spacial score (nSPS) is 11.6. The number of carbonyl (C=O) groups excluding carboxylic acids is 2. The highest BCUT2D eigenvalue weighted by Gasteiger charge is 2.13. The first-order valence-corrected chi connectivity index (χ1v) is 8.46. The van der Waals surface area contributed by atoms with E-state index in [0.717, 1.165) is 10.9 Å². The molecule has 3 rings (SSSR count). The second-order valence-corrected chi connectivity index (χ2v) is 6.11. The van der Waals surface area contributed by atoms with Gasteiger partial charge in [0.1, 0.15) is 11.5 Å². The Kier molecular flexibility index (Phi) is 5.17. The van der Waals surface area contributed by atoms with Crippen LogP contribution in [-0.4, -0.2) is 16.7 Å². The van der Waals surface area contributed by atoms with E-state index in [2.05, 4.69) is 15.6 Å². The number of nitrogens with two attached hydrogens (primary N) is 1. The van der Waals surface area contributed by atoms with Crippen LogP contribution in [0.15, 0.2) is 72.1 Å². The van der Waals surface area contributed by atoms with Gasteiger partial charge in [-0.1, -0.05) is 30.3 Å². The van der Waals surface area contributed by atoms with E-state index in [4.69, 9.17) is 5.73 Å². The Bertz CT molecular complexity index is 1060. The summed E-state index contributed by atoms with van der Waals surface area (Å²) in [6.07, 6.45) is 0. The zero-order valence-corrected chi connectivity index (χ0v) is 15.1. The number of nitrogens with zero attached hydrogens (tertiary/aromatic N) is 1. The van der Waals surface area contributed by atoms with Gasteiger partial charge in [0.2, 0.25) is 0 Å². The maximum Gasteiger partial charge on any atom is 0.274 e. The van der Waals surface area contributed by atoms with Crippen LogP contribution in [0.4, 0.5) is 11.5 Å². The average molecular weight is 360 g/mol. The van der Waals surface area contributed by atoms with Gasteiger partial charge in [-0.2, -0.15) is 0 Å². The number of carbonyl (C=O) groups is 2. The van der Waals surface area contributed by atoms with Crippen LogP contribution in [0.1, 0.15) is 24.2 Å². The lowest BCUT2D eigenvalue weighted by Crippen LogP contribution is -2.24. The fourth-order valence-corrected chi connectivity index (χ4v) is 2.66. The molecule has 0 unspecified atom stereocenters. The summed E-state index contributed by atoms with van der Waals surface area (Å²) < 4.78 is 0. The number of benzene rings is 2. The highest BCUT2D eigenvalue weighted by Crippen LogP contribution is 2.19. The summed E-state index contributed by atoms with van der Waals surface area (Å²) in [5.74, 6) is -0.129. The van der Waals surface area contributed by atoms with Gasteiger partial charge in [0.25, 0.3) is 5.91 Å². The molecule has 3 aromatic rings. The number of hydrogen-bond donors (Lipinski definition) is 3. The number of anilines is 2. The first-order valence-electron chi connectivity index (χ1n) is 8.46. The Hall–Kier alpha value is -3.67. The van der Waals surface area contributed by atoms with E-state index in [1.807, 2.05) is 30.3 Å². The lowest BCUT2D eigenvalue weighted by molar-refractivity contribution is -0.113. The molecule has 6 heteroatoms. The number of hydrogen-bond acceptors (Lipinski definition) is 5. The number of allylic oxidation sites excluding steroid dienone is 1. The Morgan fingerprint density at radius 1 is 0.889 bits per heavy atom. The van der Waals surface area contributed by atoms with Crippen LogP contribution in [-0.2, 0) is 4.79 Å². The number of ketones is 1. The molecule has 6 nitrogen and oxygen atoms in total. The van der Waals surface area contributed by atoms with Crippen LogP contribution in [0, 0.1) is 0 Å². The van der Waals surface area contributed by atoms with Gasteiger partial charge < -0.3 is 16.4 Å². The van der Waals surface area contributed by atoms with E-state index in [9.17, 15) is 9.59 Å². The largest absolute Gasteiger partial charge is 0.393 e. The van der Waals surface area contributed by atoms with Crippen molar-refractivity contribution in [1.29, 1.82) is 0 Å². The van der Waals surface area contributed by atoms with Gasteiger partial charge in [0, 0.05) is 22.3 Å². The van der Waals surface area contributed by atoms with Crippen molar-refractivity contribution in [3.63, 3.8) is 0 Å². The van der Waals surface area contributed by atoms with Crippen molar-refractivity contribution in [1.82, 2.24) is 4.98 Å². The molecule has 0 aliphatic heterocycles. The smallest absolute Gasteiger partial charge is 0.274 e. The van der Waals surface area contributed by atoms with E-state index in [1.54, 1.807) is 37.3 Å². The van der Waals surface area contributed by atoms with Crippen LogP contribution in [0.5, 0.6) is 0 Å². The molecule has 1 amide bonds. The van der Waals surface area contributed by atoms with Crippen LogP contribution < -0.4 is 16.4 Å². The number of fused-ring (bicyclic) bond motifs is 1. The molecule has 0 aliphatic rings. The quantitative estimate of drug-likeness (QED) is 0.476. The second kappa shape index (κ2) is 7.70. The molecule has 0 atom stereocenters. The fourth-order valence-electron chi connectivity index (χ4n) is 2.66. The number of amides is 1. The number of aromatic nitrogens is 1. The van der Waals surface area contributed by atoms with Crippen molar-refractivity contribution >= 4 is 34.1 Å². The molecule has 1 heterocycles. The number of pyridine rings is 1. The average Bonchev–Trinajstić information content (AvgIpc) is 2.67. The molecule has 0 bridgehead atoms. The van der Waals surface area contributed by atoms with Crippen molar-refractivity contribution in [2.75, 3.05) is 10.6 Å². The maximum atomic E-state index is 12.5. The number of para-hydroxylation sites is 2. The molecule has 0 aliphatic carbocycles. The minimum atomic E-state index is -0.469. The SMILES string of the molecule is CC(=O)c1ccccc1N/C(C)=C(\N)C(=O)Nc1ccc2ccccc2n1. The van der Waals surface area contributed by atoms with Gasteiger partial charge in [-0.05, 0) is 44.2 Å². The third-order valence-electron chi connectivity index (χ3n) is 4.12. The monoisotopic (exact) mass is 360 g/mol.